The molecule has 2 nitrogen and oxygen atoms in total. The maximum absolute atomic E-state index is 10.8. The number of aromatic nitrogens is 2. The maximum atomic E-state index is 10.8. The van der Waals surface area contributed by atoms with Crippen molar-refractivity contribution in [2.24, 2.45) is 0 Å². The molecular formula is C70H60N2S2. The number of rotatable bonds is 2. The van der Waals surface area contributed by atoms with Crippen molar-refractivity contribution in [2.75, 3.05) is 0 Å². The molecule has 0 atom stereocenters. The summed E-state index contributed by atoms with van der Waals surface area (Å²) in [5, 5.41) is 11.5. The van der Waals surface area contributed by atoms with E-state index in [9.17, 15) is 11.0 Å². The molecule has 0 aliphatic rings. The first-order valence-electron chi connectivity index (χ1n) is 29.9. The fourth-order valence-corrected chi connectivity index (χ4v) is 14.2. The molecule has 0 fully saturated rings. The molecule has 0 aliphatic carbocycles. The molecule has 0 spiro atoms. The van der Waals surface area contributed by atoms with E-state index in [0.29, 0.717) is 67.3 Å². The van der Waals surface area contributed by atoms with E-state index in [0.717, 1.165) is 106 Å². The molecule has 6 heterocycles. The molecule has 6 aromatic heterocycles. The topological polar surface area (TPSA) is 8.82 Å². The number of hydrogen-bond acceptors (Lipinski definition) is 2. The average Bonchev–Trinajstić information content (AvgIpc) is 1.94. The quantitative estimate of drug-likeness (QED) is 0.163. The molecular weight excluding hydrogens is 933 g/mol. The van der Waals surface area contributed by atoms with Crippen LogP contribution in [-0.2, 0) is 21.7 Å². The highest BCUT2D eigenvalue weighted by Crippen LogP contribution is 2.53. The van der Waals surface area contributed by atoms with E-state index in [1.165, 1.54) is 0 Å². The number of fused-ring (bicyclic) bond motifs is 20. The van der Waals surface area contributed by atoms with Crippen LogP contribution in [0.5, 0.6) is 0 Å². The van der Waals surface area contributed by atoms with Gasteiger partial charge in [-0.15, -0.1) is 22.7 Å². The SMILES string of the molecule is [2H]c1c(-c2ccc3c(c2)c2c4c(cc5c6c([2H])c7c(c([2H])c6n3c52)c2cc3sc5ccccc5c3c3c5cc(-c6c([2H])c(C(C)(C)C)c([2H])c(C(C)(C)C)c6[2H])ccc5n7c23)sc2ccccc24)c([2H])c(C(C)(C)C)c([2H])c1C(C)(C)C. The first-order chi connectivity index (χ1) is 38.6. The molecule has 0 saturated heterocycles. The third kappa shape index (κ3) is 6.10. The van der Waals surface area contributed by atoms with Crippen LogP contribution in [0.15, 0.2) is 145 Å². The molecule has 15 rings (SSSR count). The highest BCUT2D eigenvalue weighted by atomic mass is 32.1. The van der Waals surface area contributed by atoms with Crippen molar-refractivity contribution in [2.45, 2.75) is 105 Å². The van der Waals surface area contributed by atoms with Crippen LogP contribution in [0, 0.1) is 0 Å². The number of thiophene rings is 2. The van der Waals surface area contributed by atoms with Crippen LogP contribution in [0.4, 0.5) is 0 Å². The van der Waals surface area contributed by atoms with E-state index < -0.39 is 21.7 Å². The molecule has 0 radical (unpaired) electrons. The summed E-state index contributed by atoms with van der Waals surface area (Å²) in [4.78, 5) is 0. The van der Waals surface area contributed by atoms with Crippen LogP contribution >= 0.6 is 22.7 Å². The van der Waals surface area contributed by atoms with Crippen molar-refractivity contribution in [3.63, 3.8) is 0 Å². The first kappa shape index (κ1) is 36.9. The smallest absolute Gasteiger partial charge is 0.0653 e. The van der Waals surface area contributed by atoms with Gasteiger partial charge in [0.05, 0.1) is 44.1 Å². The van der Waals surface area contributed by atoms with Gasteiger partial charge in [-0.2, -0.15) is 0 Å². The fourth-order valence-electron chi connectivity index (χ4n) is 11.9. The standard InChI is InChI=1S/C70H60N2S2/c1-67(2,3)41-25-39(26-42(31-41)68(4,5)6)37-21-23-53-51(29-37)63-61-45-17-13-15-19-57(45)73-59(61)35-49-47-34-56-48(33-55(47)71(53)65(49)63)50-36-60-62(46-18-14-16-20-58(46)74-60)64-52-30-38(22-24-54(52)72(56)66(50)64)40-27-43(69(7,8)9)32-44(28-40)70(10,11)12/h13-36H,1-12H3/i25D,26D,27D,28D,31D,32D,33D,34D. The normalized spacial score (nSPS) is 15.2. The molecule has 74 heavy (non-hydrogen) atoms. The lowest BCUT2D eigenvalue weighted by atomic mass is 9.79. The van der Waals surface area contributed by atoms with Crippen LogP contribution in [0.2, 0.25) is 0 Å². The molecule has 4 heteroatoms. The van der Waals surface area contributed by atoms with Gasteiger partial charge < -0.3 is 8.80 Å². The lowest BCUT2D eigenvalue weighted by Crippen LogP contribution is -2.16. The van der Waals surface area contributed by atoms with Crippen molar-refractivity contribution in [1.82, 2.24) is 8.80 Å². The Hall–Kier alpha value is -6.98. The Morgan fingerprint density at radius 3 is 1.04 bits per heavy atom. The fraction of sp³-hybridized carbons (Fsp3) is 0.229. The van der Waals surface area contributed by atoms with Gasteiger partial charge in [0.15, 0.2) is 0 Å². The van der Waals surface area contributed by atoms with E-state index in [-0.39, 0.29) is 36.3 Å². The Labute approximate surface area is 451 Å². The number of benzene rings is 9. The lowest BCUT2D eigenvalue weighted by Gasteiger charge is -2.26. The molecule has 0 N–H and O–H groups in total. The summed E-state index contributed by atoms with van der Waals surface area (Å²) < 4.78 is 88.6. The van der Waals surface area contributed by atoms with Crippen LogP contribution in [-0.4, -0.2) is 8.80 Å². The van der Waals surface area contributed by atoms with Gasteiger partial charge >= 0.3 is 0 Å². The minimum absolute atomic E-state index is 0.203. The number of nitrogens with zero attached hydrogens (tertiary/aromatic N) is 2. The van der Waals surface area contributed by atoms with E-state index in [2.05, 4.69) is 93.7 Å². The summed E-state index contributed by atoms with van der Waals surface area (Å²) in [5.74, 6) is 0. The zero-order valence-corrected chi connectivity index (χ0v) is 45.6. The average molecular weight is 1000 g/mol. The van der Waals surface area contributed by atoms with Gasteiger partial charge in [-0.1, -0.05) is 168 Å². The third-order valence-corrected chi connectivity index (χ3v) is 18.0. The molecule has 362 valence electrons. The Morgan fingerprint density at radius 1 is 0.311 bits per heavy atom. The van der Waals surface area contributed by atoms with Gasteiger partial charge in [0.2, 0.25) is 0 Å². The molecule has 9 aromatic carbocycles. The maximum Gasteiger partial charge on any atom is 0.0653 e. The van der Waals surface area contributed by atoms with Crippen molar-refractivity contribution in [3.05, 3.63) is 168 Å². The van der Waals surface area contributed by atoms with Gasteiger partial charge in [-0.25, -0.2) is 0 Å². The Kier molecular flexibility index (Phi) is 7.19. The molecule has 0 amide bonds. The van der Waals surface area contributed by atoms with Gasteiger partial charge in [-0.05, 0) is 127 Å². The highest BCUT2D eigenvalue weighted by Gasteiger charge is 2.29. The summed E-state index contributed by atoms with van der Waals surface area (Å²) >= 11 is 3.45. The Bertz CT molecular complexity index is 4990. The molecule has 0 aliphatic heterocycles. The van der Waals surface area contributed by atoms with Crippen molar-refractivity contribution >= 4 is 139 Å². The Morgan fingerprint density at radius 2 is 0.676 bits per heavy atom. The minimum Gasteiger partial charge on any atom is -0.308 e. The predicted molar refractivity (Wildman–Crippen MR) is 327 cm³/mol. The monoisotopic (exact) mass is 1000 g/mol. The molecule has 0 saturated carbocycles. The van der Waals surface area contributed by atoms with Crippen molar-refractivity contribution in [1.29, 1.82) is 0 Å². The second-order valence-corrected chi connectivity index (χ2v) is 27.2. The summed E-state index contributed by atoms with van der Waals surface area (Å²) in [6.07, 6.45) is 0. The summed E-state index contributed by atoms with van der Waals surface area (Å²) in [7, 11) is 0. The van der Waals surface area contributed by atoms with Gasteiger partial charge in [0.1, 0.15) is 0 Å². The Balaban J connectivity index is 1.11. The van der Waals surface area contributed by atoms with E-state index in [1.807, 2.05) is 95.2 Å². The van der Waals surface area contributed by atoms with Gasteiger partial charge in [-0.3, -0.25) is 0 Å². The summed E-state index contributed by atoms with van der Waals surface area (Å²) in [6, 6.07) is 36.0. The van der Waals surface area contributed by atoms with Crippen molar-refractivity contribution < 1.29 is 11.0 Å². The highest BCUT2D eigenvalue weighted by molar-refractivity contribution is 7.26. The zero-order chi connectivity index (χ0) is 57.8. The zero-order valence-electron chi connectivity index (χ0n) is 51.9. The van der Waals surface area contributed by atoms with E-state index in [1.54, 1.807) is 22.7 Å². The summed E-state index contributed by atoms with van der Waals surface area (Å²) in [6.45, 7) is 24.5. The van der Waals surface area contributed by atoms with Crippen LogP contribution < -0.4 is 0 Å². The van der Waals surface area contributed by atoms with Gasteiger partial charge in [0.25, 0.3) is 0 Å². The second-order valence-electron chi connectivity index (χ2n) is 25.1. The van der Waals surface area contributed by atoms with Crippen LogP contribution in [0.25, 0.3) is 139 Å². The number of hydrogen-bond donors (Lipinski definition) is 0. The van der Waals surface area contributed by atoms with E-state index in [4.69, 9.17) is 0 Å². The molecule has 0 unspecified atom stereocenters. The van der Waals surface area contributed by atoms with E-state index >= 15 is 0 Å². The largest absolute Gasteiger partial charge is 0.308 e. The minimum atomic E-state index is -0.527. The lowest BCUT2D eigenvalue weighted by molar-refractivity contribution is 0.568. The second kappa shape index (κ2) is 14.4. The predicted octanol–water partition coefficient (Wildman–Crippen LogP) is 21.2. The first-order valence-corrected chi connectivity index (χ1v) is 27.6. The summed E-state index contributed by atoms with van der Waals surface area (Å²) in [5.41, 5.74) is 7.83. The van der Waals surface area contributed by atoms with Crippen LogP contribution in [0.1, 0.15) is 116 Å². The van der Waals surface area contributed by atoms with Crippen LogP contribution in [0.3, 0.4) is 0 Å². The molecule has 0 bridgehead atoms. The third-order valence-electron chi connectivity index (χ3n) is 15.8. The van der Waals surface area contributed by atoms with Crippen molar-refractivity contribution in [3.8, 4) is 22.3 Å². The molecule has 15 aromatic rings. The van der Waals surface area contributed by atoms with Gasteiger partial charge in [0, 0.05) is 83.4 Å².